The van der Waals surface area contributed by atoms with E-state index in [9.17, 15) is 0 Å². The van der Waals surface area contributed by atoms with E-state index < -0.39 is 0 Å². The third-order valence-corrected chi connectivity index (χ3v) is 3.76. The molecule has 0 bridgehead atoms. The molecule has 2 rings (SSSR count). The first kappa shape index (κ1) is 11.7. The smallest absolute Gasteiger partial charge is 0.133 e. The van der Waals surface area contributed by atoms with Crippen LogP contribution in [-0.2, 0) is 12.8 Å². The first-order valence-corrected chi connectivity index (χ1v) is 7.29. The second-order valence-corrected chi connectivity index (χ2v) is 5.27. The number of aromatic nitrogens is 2. The highest BCUT2D eigenvalue weighted by molar-refractivity contribution is 7.98. The summed E-state index contributed by atoms with van der Waals surface area (Å²) in [5, 5.41) is 3.50. The summed E-state index contributed by atoms with van der Waals surface area (Å²) >= 11 is 1.86. The number of hydrogen-bond donors (Lipinski definition) is 1. The topological polar surface area (TPSA) is 37.8 Å². The van der Waals surface area contributed by atoms with Crippen LogP contribution in [-0.4, -0.2) is 28.0 Å². The largest absolute Gasteiger partial charge is 0.366 e. The molecule has 1 aromatic heterocycles. The summed E-state index contributed by atoms with van der Waals surface area (Å²) < 4.78 is 0. The number of nitrogens with one attached hydrogen (secondary N) is 1. The van der Waals surface area contributed by atoms with Crippen LogP contribution in [0.15, 0.2) is 6.33 Å². The molecule has 0 saturated heterocycles. The molecule has 0 spiro atoms. The van der Waals surface area contributed by atoms with Gasteiger partial charge in [-0.2, -0.15) is 11.8 Å². The summed E-state index contributed by atoms with van der Waals surface area (Å²) in [4.78, 5) is 8.76. The van der Waals surface area contributed by atoms with Crippen molar-refractivity contribution < 1.29 is 0 Å². The quantitative estimate of drug-likeness (QED) is 0.873. The van der Waals surface area contributed by atoms with Crippen molar-refractivity contribution in [3.05, 3.63) is 17.6 Å². The molecule has 3 nitrogen and oxygen atoms in total. The second-order valence-electron chi connectivity index (χ2n) is 4.36. The molecule has 0 radical (unpaired) electrons. The van der Waals surface area contributed by atoms with E-state index in [1.165, 1.54) is 24.1 Å². The number of fused-ring (bicyclic) bond motifs is 1. The fourth-order valence-electron chi connectivity index (χ4n) is 2.17. The lowest BCUT2D eigenvalue weighted by atomic mass is 9.96. The number of thioether (sulfide) groups is 1. The molecule has 1 aliphatic rings. The average molecular weight is 237 g/mol. The Hall–Kier alpha value is -0.770. The van der Waals surface area contributed by atoms with Crippen LogP contribution in [0.4, 0.5) is 5.82 Å². The van der Waals surface area contributed by atoms with Crippen molar-refractivity contribution in [2.24, 2.45) is 0 Å². The van der Waals surface area contributed by atoms with Crippen LogP contribution in [0.2, 0.25) is 0 Å². The zero-order chi connectivity index (χ0) is 11.4. The first-order valence-electron chi connectivity index (χ1n) is 5.89. The molecule has 1 heterocycles. The standard InChI is InChI=1S/C12H19N3S/c1-9(7-16-2)15-12-10-5-3-4-6-11(10)13-8-14-12/h8-9H,3-7H2,1-2H3,(H,13,14,15). The molecule has 1 aliphatic carbocycles. The van der Waals surface area contributed by atoms with Crippen LogP contribution in [0, 0.1) is 0 Å². The summed E-state index contributed by atoms with van der Waals surface area (Å²) in [6.07, 6.45) is 8.61. The van der Waals surface area contributed by atoms with Gasteiger partial charge in [0, 0.05) is 23.1 Å². The van der Waals surface area contributed by atoms with Gasteiger partial charge in [-0.1, -0.05) is 0 Å². The minimum atomic E-state index is 0.468. The normalized spacial score (nSPS) is 16.6. The summed E-state index contributed by atoms with van der Waals surface area (Å²) in [6.45, 7) is 2.20. The van der Waals surface area contributed by atoms with Gasteiger partial charge < -0.3 is 5.32 Å². The van der Waals surface area contributed by atoms with Crippen LogP contribution in [0.1, 0.15) is 31.0 Å². The lowest BCUT2D eigenvalue weighted by Crippen LogP contribution is -2.21. The molecule has 0 aromatic carbocycles. The van der Waals surface area contributed by atoms with Crippen molar-refractivity contribution >= 4 is 17.6 Å². The highest BCUT2D eigenvalue weighted by Gasteiger charge is 2.16. The Morgan fingerprint density at radius 2 is 2.19 bits per heavy atom. The molecule has 88 valence electrons. The summed E-state index contributed by atoms with van der Waals surface area (Å²) in [5.74, 6) is 2.17. The van der Waals surface area contributed by atoms with Crippen molar-refractivity contribution in [2.75, 3.05) is 17.3 Å². The fraction of sp³-hybridized carbons (Fsp3) is 0.667. The zero-order valence-electron chi connectivity index (χ0n) is 9.99. The molecule has 0 saturated carbocycles. The van der Waals surface area contributed by atoms with Crippen molar-refractivity contribution in [1.82, 2.24) is 9.97 Å². The van der Waals surface area contributed by atoms with Gasteiger partial charge in [-0.05, 0) is 38.9 Å². The lowest BCUT2D eigenvalue weighted by molar-refractivity contribution is 0.662. The zero-order valence-corrected chi connectivity index (χ0v) is 10.8. The van der Waals surface area contributed by atoms with E-state index in [1.54, 1.807) is 6.33 Å². The van der Waals surface area contributed by atoms with Gasteiger partial charge in [-0.3, -0.25) is 0 Å². The molecule has 1 N–H and O–H groups in total. The number of nitrogens with zero attached hydrogens (tertiary/aromatic N) is 2. The van der Waals surface area contributed by atoms with Crippen molar-refractivity contribution in [1.29, 1.82) is 0 Å². The Morgan fingerprint density at radius 1 is 1.38 bits per heavy atom. The molecular weight excluding hydrogens is 218 g/mol. The predicted octanol–water partition coefficient (Wildman–Crippen LogP) is 2.52. The van der Waals surface area contributed by atoms with Gasteiger partial charge >= 0.3 is 0 Å². The number of anilines is 1. The maximum Gasteiger partial charge on any atom is 0.133 e. The average Bonchev–Trinajstić information content (AvgIpc) is 2.30. The molecule has 0 fully saturated rings. The minimum absolute atomic E-state index is 0.468. The van der Waals surface area contributed by atoms with Gasteiger partial charge in [0.1, 0.15) is 12.1 Å². The first-order chi connectivity index (χ1) is 7.81. The SMILES string of the molecule is CSCC(C)Nc1ncnc2c1CCCC2. The number of aryl methyl sites for hydroxylation is 1. The van der Waals surface area contributed by atoms with Crippen LogP contribution >= 0.6 is 11.8 Å². The monoisotopic (exact) mass is 237 g/mol. The Balaban J connectivity index is 2.14. The molecule has 4 heteroatoms. The lowest BCUT2D eigenvalue weighted by Gasteiger charge is -2.20. The maximum absolute atomic E-state index is 4.38. The van der Waals surface area contributed by atoms with E-state index in [1.807, 2.05) is 11.8 Å². The highest BCUT2D eigenvalue weighted by Crippen LogP contribution is 2.24. The van der Waals surface area contributed by atoms with Gasteiger partial charge in [-0.25, -0.2) is 9.97 Å². The predicted molar refractivity (Wildman–Crippen MR) is 70.1 cm³/mol. The Morgan fingerprint density at radius 3 is 3.00 bits per heavy atom. The van der Waals surface area contributed by atoms with Gasteiger partial charge in [0.05, 0.1) is 0 Å². The Kier molecular flexibility index (Phi) is 4.04. The van der Waals surface area contributed by atoms with Gasteiger partial charge in [0.15, 0.2) is 0 Å². The molecular formula is C12H19N3S. The highest BCUT2D eigenvalue weighted by atomic mass is 32.2. The van der Waals surface area contributed by atoms with Crippen LogP contribution in [0.3, 0.4) is 0 Å². The van der Waals surface area contributed by atoms with E-state index in [4.69, 9.17) is 0 Å². The molecule has 1 unspecified atom stereocenters. The third kappa shape index (κ3) is 2.67. The van der Waals surface area contributed by atoms with E-state index in [-0.39, 0.29) is 0 Å². The summed E-state index contributed by atoms with van der Waals surface area (Å²) in [7, 11) is 0. The Bertz CT molecular complexity index is 354. The molecule has 0 aliphatic heterocycles. The maximum atomic E-state index is 4.38. The molecule has 0 amide bonds. The van der Waals surface area contributed by atoms with Crippen molar-refractivity contribution in [2.45, 2.75) is 38.6 Å². The fourth-order valence-corrected chi connectivity index (χ4v) is 2.75. The van der Waals surface area contributed by atoms with Crippen LogP contribution in [0.5, 0.6) is 0 Å². The molecule has 16 heavy (non-hydrogen) atoms. The van der Waals surface area contributed by atoms with E-state index in [2.05, 4.69) is 28.5 Å². The minimum Gasteiger partial charge on any atom is -0.366 e. The van der Waals surface area contributed by atoms with Crippen molar-refractivity contribution in [3.8, 4) is 0 Å². The van der Waals surface area contributed by atoms with E-state index in [0.717, 1.165) is 24.4 Å². The van der Waals surface area contributed by atoms with Crippen LogP contribution in [0.25, 0.3) is 0 Å². The van der Waals surface area contributed by atoms with E-state index in [0.29, 0.717) is 6.04 Å². The van der Waals surface area contributed by atoms with Gasteiger partial charge in [0.2, 0.25) is 0 Å². The van der Waals surface area contributed by atoms with Crippen LogP contribution < -0.4 is 5.32 Å². The molecule has 1 aromatic rings. The van der Waals surface area contributed by atoms with Crippen molar-refractivity contribution in [3.63, 3.8) is 0 Å². The second kappa shape index (κ2) is 5.53. The third-order valence-electron chi connectivity index (χ3n) is 2.92. The van der Waals surface area contributed by atoms with Gasteiger partial charge in [0.25, 0.3) is 0 Å². The summed E-state index contributed by atoms with van der Waals surface area (Å²) in [5.41, 5.74) is 2.60. The van der Waals surface area contributed by atoms with Gasteiger partial charge in [-0.15, -0.1) is 0 Å². The number of hydrogen-bond acceptors (Lipinski definition) is 4. The van der Waals surface area contributed by atoms with E-state index >= 15 is 0 Å². The molecule has 1 atom stereocenters. The Labute approximate surface area is 101 Å². The summed E-state index contributed by atoms with van der Waals surface area (Å²) in [6, 6.07) is 0.468. The number of rotatable bonds is 4.